The first-order chi connectivity index (χ1) is 9.91. The highest BCUT2D eigenvalue weighted by atomic mass is 35.5. The number of anilines is 1. The SMILES string of the molecule is CCNS(=O)(=O)CN1CCN(c2ccc(C)cc2Cl)CC1. The van der Waals surface area contributed by atoms with Crippen LogP contribution in [0.4, 0.5) is 5.69 Å². The molecule has 0 aromatic heterocycles. The van der Waals surface area contributed by atoms with Gasteiger partial charge in [-0.05, 0) is 24.6 Å². The number of aryl methyl sites for hydroxylation is 1. The van der Waals surface area contributed by atoms with Gasteiger partial charge in [0.2, 0.25) is 10.0 Å². The molecule has 0 amide bonds. The van der Waals surface area contributed by atoms with Crippen LogP contribution in [0.5, 0.6) is 0 Å². The Morgan fingerprint density at radius 2 is 1.90 bits per heavy atom. The van der Waals surface area contributed by atoms with Crippen LogP contribution >= 0.6 is 11.6 Å². The Bertz CT molecular complexity index is 584. The first-order valence-electron chi connectivity index (χ1n) is 7.12. The van der Waals surface area contributed by atoms with E-state index in [4.69, 9.17) is 11.6 Å². The van der Waals surface area contributed by atoms with E-state index in [2.05, 4.69) is 9.62 Å². The maximum Gasteiger partial charge on any atom is 0.224 e. The normalized spacial score (nSPS) is 17.2. The van der Waals surface area contributed by atoms with Crippen LogP contribution < -0.4 is 9.62 Å². The summed E-state index contributed by atoms with van der Waals surface area (Å²) >= 11 is 6.29. The number of hydrogen-bond acceptors (Lipinski definition) is 4. The van der Waals surface area contributed by atoms with Crippen molar-refractivity contribution in [2.75, 3.05) is 43.5 Å². The van der Waals surface area contributed by atoms with Crippen molar-refractivity contribution in [3.8, 4) is 0 Å². The van der Waals surface area contributed by atoms with Gasteiger partial charge >= 0.3 is 0 Å². The van der Waals surface area contributed by atoms with Crippen LogP contribution in [-0.4, -0.2) is 51.9 Å². The Morgan fingerprint density at radius 3 is 2.48 bits per heavy atom. The zero-order chi connectivity index (χ0) is 15.5. The van der Waals surface area contributed by atoms with Gasteiger partial charge in [-0.3, -0.25) is 4.90 Å². The molecule has 0 aliphatic carbocycles. The van der Waals surface area contributed by atoms with Gasteiger partial charge in [0.05, 0.1) is 10.7 Å². The molecule has 21 heavy (non-hydrogen) atoms. The highest BCUT2D eigenvalue weighted by molar-refractivity contribution is 7.89. The fraction of sp³-hybridized carbons (Fsp3) is 0.571. The van der Waals surface area contributed by atoms with E-state index in [0.717, 1.165) is 42.5 Å². The quantitative estimate of drug-likeness (QED) is 0.891. The Morgan fingerprint density at radius 1 is 1.24 bits per heavy atom. The van der Waals surface area contributed by atoms with Crippen molar-refractivity contribution in [1.82, 2.24) is 9.62 Å². The minimum atomic E-state index is -3.20. The molecule has 0 saturated carbocycles. The van der Waals surface area contributed by atoms with E-state index in [-0.39, 0.29) is 5.88 Å². The minimum Gasteiger partial charge on any atom is -0.368 e. The maximum absolute atomic E-state index is 11.8. The third kappa shape index (κ3) is 4.57. The van der Waals surface area contributed by atoms with Crippen molar-refractivity contribution < 1.29 is 8.42 Å². The number of nitrogens with one attached hydrogen (secondary N) is 1. The molecule has 1 heterocycles. The van der Waals surface area contributed by atoms with Crippen molar-refractivity contribution in [1.29, 1.82) is 0 Å². The molecule has 0 unspecified atom stereocenters. The summed E-state index contributed by atoms with van der Waals surface area (Å²) in [4.78, 5) is 4.16. The van der Waals surface area contributed by atoms with Crippen LogP contribution in [0.25, 0.3) is 0 Å². The lowest BCUT2D eigenvalue weighted by Gasteiger charge is -2.36. The van der Waals surface area contributed by atoms with Crippen molar-refractivity contribution in [2.24, 2.45) is 0 Å². The second-order valence-electron chi connectivity index (χ2n) is 5.30. The number of benzene rings is 1. The van der Waals surface area contributed by atoms with E-state index < -0.39 is 10.0 Å². The third-order valence-electron chi connectivity index (χ3n) is 3.53. The van der Waals surface area contributed by atoms with Crippen LogP contribution in [0.2, 0.25) is 5.02 Å². The summed E-state index contributed by atoms with van der Waals surface area (Å²) in [7, 11) is -3.20. The molecule has 0 spiro atoms. The molecule has 1 aromatic carbocycles. The Kier molecular flexibility index (Phi) is 5.48. The van der Waals surface area contributed by atoms with Crippen LogP contribution in [0.15, 0.2) is 18.2 Å². The maximum atomic E-state index is 11.8. The van der Waals surface area contributed by atoms with Crippen LogP contribution in [-0.2, 0) is 10.0 Å². The van der Waals surface area contributed by atoms with E-state index >= 15 is 0 Å². The van der Waals surface area contributed by atoms with Crippen molar-refractivity contribution in [3.05, 3.63) is 28.8 Å². The molecule has 0 atom stereocenters. The molecule has 1 aliphatic heterocycles. The second kappa shape index (κ2) is 6.96. The fourth-order valence-electron chi connectivity index (χ4n) is 2.49. The molecule has 5 nitrogen and oxygen atoms in total. The van der Waals surface area contributed by atoms with Gasteiger partial charge in [-0.2, -0.15) is 0 Å². The van der Waals surface area contributed by atoms with E-state index in [1.807, 2.05) is 30.0 Å². The molecule has 118 valence electrons. The average Bonchev–Trinajstić information content (AvgIpc) is 2.39. The standard InChI is InChI=1S/C14H22ClN3O2S/c1-3-16-21(19,20)11-17-6-8-18(9-7-17)14-5-4-12(2)10-13(14)15/h4-5,10,16H,3,6-9,11H2,1-2H3. The molecule has 1 N–H and O–H groups in total. The van der Waals surface area contributed by atoms with Gasteiger partial charge in [0.15, 0.2) is 0 Å². The summed E-state index contributed by atoms with van der Waals surface area (Å²) in [6.07, 6.45) is 0. The topological polar surface area (TPSA) is 52.7 Å². The molecule has 1 fully saturated rings. The largest absolute Gasteiger partial charge is 0.368 e. The third-order valence-corrected chi connectivity index (χ3v) is 5.27. The zero-order valence-corrected chi connectivity index (χ0v) is 14.0. The predicted molar refractivity (Wildman–Crippen MR) is 87.4 cm³/mol. The highest BCUT2D eigenvalue weighted by Gasteiger charge is 2.22. The summed E-state index contributed by atoms with van der Waals surface area (Å²) in [6, 6.07) is 6.03. The molecule has 7 heteroatoms. The van der Waals surface area contributed by atoms with Gasteiger partial charge < -0.3 is 4.90 Å². The number of nitrogens with zero attached hydrogens (tertiary/aromatic N) is 2. The van der Waals surface area contributed by atoms with E-state index in [9.17, 15) is 8.42 Å². The molecular formula is C14H22ClN3O2S. The van der Waals surface area contributed by atoms with Crippen molar-refractivity contribution >= 4 is 27.3 Å². The average molecular weight is 332 g/mol. The second-order valence-corrected chi connectivity index (χ2v) is 7.49. The number of halogens is 1. The zero-order valence-electron chi connectivity index (χ0n) is 12.5. The van der Waals surface area contributed by atoms with Gasteiger partial charge in [-0.25, -0.2) is 13.1 Å². The molecular weight excluding hydrogens is 310 g/mol. The van der Waals surface area contributed by atoms with Crippen molar-refractivity contribution in [3.63, 3.8) is 0 Å². The number of rotatable bonds is 5. The Hall–Kier alpha value is -0.820. The molecule has 2 rings (SSSR count). The lowest BCUT2D eigenvalue weighted by atomic mass is 10.2. The summed E-state index contributed by atoms with van der Waals surface area (Å²) in [5.74, 6) is 0.0658. The van der Waals surface area contributed by atoms with Gasteiger partial charge in [0, 0.05) is 32.7 Å². The van der Waals surface area contributed by atoms with Crippen LogP contribution in [0, 0.1) is 6.92 Å². The van der Waals surface area contributed by atoms with E-state index in [1.54, 1.807) is 6.92 Å². The van der Waals surface area contributed by atoms with Crippen LogP contribution in [0.1, 0.15) is 12.5 Å². The number of sulfonamides is 1. The van der Waals surface area contributed by atoms with E-state index in [0.29, 0.717) is 6.54 Å². The number of hydrogen-bond donors (Lipinski definition) is 1. The summed E-state index contributed by atoms with van der Waals surface area (Å²) in [5.41, 5.74) is 2.16. The minimum absolute atomic E-state index is 0.0658. The molecule has 0 radical (unpaired) electrons. The van der Waals surface area contributed by atoms with Crippen molar-refractivity contribution in [2.45, 2.75) is 13.8 Å². The lowest BCUT2D eigenvalue weighted by molar-refractivity contribution is 0.293. The Balaban J connectivity index is 1.94. The first kappa shape index (κ1) is 16.5. The van der Waals surface area contributed by atoms with Gasteiger partial charge in [-0.1, -0.05) is 24.6 Å². The number of piperazine rings is 1. The van der Waals surface area contributed by atoms with Gasteiger partial charge in [-0.15, -0.1) is 0 Å². The summed E-state index contributed by atoms with van der Waals surface area (Å²) in [5, 5.41) is 0.753. The molecule has 1 aromatic rings. The predicted octanol–water partition coefficient (Wildman–Crippen LogP) is 1.67. The van der Waals surface area contributed by atoms with E-state index in [1.165, 1.54) is 0 Å². The highest BCUT2D eigenvalue weighted by Crippen LogP contribution is 2.27. The lowest BCUT2D eigenvalue weighted by Crippen LogP contribution is -2.49. The molecule has 0 bridgehead atoms. The smallest absolute Gasteiger partial charge is 0.224 e. The molecule has 1 saturated heterocycles. The molecule has 1 aliphatic rings. The first-order valence-corrected chi connectivity index (χ1v) is 9.15. The van der Waals surface area contributed by atoms with Crippen LogP contribution in [0.3, 0.4) is 0 Å². The Labute approximate surface area is 131 Å². The monoisotopic (exact) mass is 331 g/mol. The summed E-state index contributed by atoms with van der Waals surface area (Å²) < 4.78 is 26.0. The summed E-state index contributed by atoms with van der Waals surface area (Å²) in [6.45, 7) is 7.23. The fourth-order valence-corrected chi connectivity index (χ4v) is 4.12. The van der Waals surface area contributed by atoms with Gasteiger partial charge in [0.25, 0.3) is 0 Å². The van der Waals surface area contributed by atoms with Gasteiger partial charge in [0.1, 0.15) is 5.88 Å².